The quantitative estimate of drug-likeness (QED) is 0.603. The summed E-state index contributed by atoms with van der Waals surface area (Å²) in [6.45, 7) is 1.90. The molecule has 4 rings (SSSR count). The first-order valence-electron chi connectivity index (χ1n) is 7.33. The molecular formula is C16H15N5O2S. The lowest BCUT2D eigenvalue weighted by Crippen LogP contribution is -1.96. The van der Waals surface area contributed by atoms with Gasteiger partial charge in [-0.1, -0.05) is 5.21 Å². The summed E-state index contributed by atoms with van der Waals surface area (Å²) in [7, 11) is -1.42. The van der Waals surface area contributed by atoms with Crippen LogP contribution in [0.4, 0.5) is 0 Å². The number of hydrogen-bond donors (Lipinski definition) is 1. The lowest BCUT2D eigenvalue weighted by Gasteiger charge is -2.02. The minimum Gasteiger partial charge on any atom is -0.353 e. The van der Waals surface area contributed by atoms with Gasteiger partial charge in [-0.2, -0.15) is 0 Å². The Morgan fingerprint density at radius 1 is 1.17 bits per heavy atom. The van der Waals surface area contributed by atoms with Crippen molar-refractivity contribution in [3.8, 4) is 11.3 Å². The van der Waals surface area contributed by atoms with E-state index in [1.165, 1.54) is 6.26 Å². The SMILES string of the molecule is Cc1nnn(C)c1-c1cnc2c(c1)[nH]c1ccc(S(C)(=O)=O)cc12. The number of sulfone groups is 1. The molecule has 0 aliphatic rings. The molecule has 0 atom stereocenters. The fraction of sp³-hybridized carbons (Fsp3) is 0.188. The van der Waals surface area contributed by atoms with E-state index in [-0.39, 0.29) is 4.90 Å². The van der Waals surface area contributed by atoms with Crippen molar-refractivity contribution in [2.45, 2.75) is 11.8 Å². The maximum Gasteiger partial charge on any atom is 0.175 e. The van der Waals surface area contributed by atoms with Crippen LogP contribution in [0.2, 0.25) is 0 Å². The molecule has 8 heteroatoms. The van der Waals surface area contributed by atoms with Gasteiger partial charge in [0.05, 0.1) is 27.3 Å². The molecule has 0 fully saturated rings. The normalized spacial score (nSPS) is 12.3. The number of nitrogens with zero attached hydrogens (tertiary/aromatic N) is 4. The Balaban J connectivity index is 1.98. The van der Waals surface area contributed by atoms with Crippen molar-refractivity contribution in [2.24, 2.45) is 7.05 Å². The summed E-state index contributed by atoms with van der Waals surface area (Å²) >= 11 is 0. The molecule has 122 valence electrons. The highest BCUT2D eigenvalue weighted by Gasteiger charge is 2.14. The molecule has 3 aromatic heterocycles. The molecule has 0 unspecified atom stereocenters. The average Bonchev–Trinajstić information content (AvgIpc) is 3.05. The lowest BCUT2D eigenvalue weighted by molar-refractivity contribution is 0.602. The smallest absolute Gasteiger partial charge is 0.175 e. The molecule has 24 heavy (non-hydrogen) atoms. The second-order valence-electron chi connectivity index (χ2n) is 5.87. The first-order chi connectivity index (χ1) is 11.3. The minimum atomic E-state index is -3.26. The lowest BCUT2D eigenvalue weighted by atomic mass is 10.1. The molecule has 7 nitrogen and oxygen atoms in total. The van der Waals surface area contributed by atoms with E-state index in [0.29, 0.717) is 0 Å². The van der Waals surface area contributed by atoms with Crippen LogP contribution in [0.15, 0.2) is 35.4 Å². The van der Waals surface area contributed by atoms with E-state index in [0.717, 1.165) is 38.9 Å². The van der Waals surface area contributed by atoms with Crippen molar-refractivity contribution in [3.05, 3.63) is 36.2 Å². The van der Waals surface area contributed by atoms with Gasteiger partial charge < -0.3 is 4.98 Å². The van der Waals surface area contributed by atoms with Crippen molar-refractivity contribution in [1.82, 2.24) is 25.0 Å². The molecule has 1 aromatic carbocycles. The Labute approximate surface area is 138 Å². The predicted molar refractivity (Wildman–Crippen MR) is 91.4 cm³/mol. The van der Waals surface area contributed by atoms with Crippen LogP contribution >= 0.6 is 0 Å². The van der Waals surface area contributed by atoms with Crippen molar-refractivity contribution >= 4 is 31.8 Å². The largest absolute Gasteiger partial charge is 0.353 e. The third kappa shape index (κ3) is 2.18. The van der Waals surface area contributed by atoms with Gasteiger partial charge in [0, 0.05) is 36.0 Å². The first-order valence-corrected chi connectivity index (χ1v) is 9.22. The number of fused-ring (bicyclic) bond motifs is 3. The summed E-state index contributed by atoms with van der Waals surface area (Å²) in [5, 5.41) is 8.87. The van der Waals surface area contributed by atoms with Crippen molar-refractivity contribution in [3.63, 3.8) is 0 Å². The Morgan fingerprint density at radius 3 is 2.62 bits per heavy atom. The van der Waals surface area contributed by atoms with Gasteiger partial charge in [0.1, 0.15) is 0 Å². The number of rotatable bonds is 2. The van der Waals surface area contributed by atoms with Crippen LogP contribution in [0, 0.1) is 6.92 Å². The third-order valence-electron chi connectivity index (χ3n) is 4.10. The number of nitrogens with one attached hydrogen (secondary N) is 1. The first kappa shape index (κ1) is 14.8. The van der Waals surface area contributed by atoms with Gasteiger partial charge in [-0.15, -0.1) is 5.10 Å². The second kappa shape index (κ2) is 4.88. The van der Waals surface area contributed by atoms with E-state index in [4.69, 9.17) is 0 Å². The van der Waals surface area contributed by atoms with Crippen LogP contribution in [0.1, 0.15) is 5.69 Å². The third-order valence-corrected chi connectivity index (χ3v) is 5.21. The van der Waals surface area contributed by atoms with E-state index in [9.17, 15) is 8.42 Å². The number of H-pyrrole nitrogens is 1. The van der Waals surface area contributed by atoms with Crippen LogP contribution in [-0.2, 0) is 16.9 Å². The summed E-state index contributed by atoms with van der Waals surface area (Å²) in [5.41, 5.74) is 5.07. The molecule has 0 aliphatic carbocycles. The standard InChI is InChI=1S/C16H15N5O2S/c1-9-16(21(2)20-19-9)10-6-14-15(17-8-10)12-7-11(24(3,22)23)4-5-13(12)18-14/h4-8,18H,1-3H3. The van der Waals surface area contributed by atoms with Gasteiger partial charge in [0.15, 0.2) is 9.84 Å². The molecular weight excluding hydrogens is 326 g/mol. The maximum atomic E-state index is 11.8. The summed E-state index contributed by atoms with van der Waals surface area (Å²) in [6.07, 6.45) is 2.96. The van der Waals surface area contributed by atoms with E-state index < -0.39 is 9.84 Å². The number of aryl methyl sites for hydroxylation is 2. The Bertz CT molecular complexity index is 1180. The summed E-state index contributed by atoms with van der Waals surface area (Å²) in [5.74, 6) is 0. The molecule has 4 aromatic rings. The number of aromatic nitrogens is 5. The predicted octanol–water partition coefficient (Wildman–Crippen LogP) is 2.22. The van der Waals surface area contributed by atoms with Crippen molar-refractivity contribution in [2.75, 3.05) is 6.26 Å². The molecule has 0 bridgehead atoms. The molecule has 0 aliphatic heterocycles. The van der Waals surface area contributed by atoms with Gasteiger partial charge in [0.2, 0.25) is 0 Å². The zero-order valence-electron chi connectivity index (χ0n) is 13.4. The highest BCUT2D eigenvalue weighted by molar-refractivity contribution is 7.90. The summed E-state index contributed by atoms with van der Waals surface area (Å²) in [6, 6.07) is 7.01. The molecule has 3 heterocycles. The van der Waals surface area contributed by atoms with Gasteiger partial charge >= 0.3 is 0 Å². The zero-order valence-corrected chi connectivity index (χ0v) is 14.2. The van der Waals surface area contributed by atoms with Gasteiger partial charge in [0.25, 0.3) is 0 Å². The molecule has 0 saturated heterocycles. The van der Waals surface area contributed by atoms with Crippen molar-refractivity contribution < 1.29 is 8.42 Å². The minimum absolute atomic E-state index is 0.286. The molecule has 0 radical (unpaired) electrons. The second-order valence-corrected chi connectivity index (χ2v) is 7.89. The van der Waals surface area contributed by atoms with Gasteiger partial charge in [-0.05, 0) is 31.2 Å². The highest BCUT2D eigenvalue weighted by Crippen LogP contribution is 2.29. The zero-order chi connectivity index (χ0) is 17.1. The fourth-order valence-electron chi connectivity index (χ4n) is 2.96. The molecule has 0 spiro atoms. The summed E-state index contributed by atoms with van der Waals surface area (Å²) in [4.78, 5) is 8.11. The summed E-state index contributed by atoms with van der Waals surface area (Å²) < 4.78 is 25.3. The Kier molecular flexibility index (Phi) is 3.01. The molecule has 0 saturated carbocycles. The van der Waals surface area contributed by atoms with Gasteiger partial charge in [-0.3, -0.25) is 4.98 Å². The van der Waals surface area contributed by atoms with E-state index in [1.54, 1.807) is 29.1 Å². The topological polar surface area (TPSA) is 93.5 Å². The van der Waals surface area contributed by atoms with Crippen LogP contribution < -0.4 is 0 Å². The van der Waals surface area contributed by atoms with Crippen LogP contribution in [0.5, 0.6) is 0 Å². The molecule has 1 N–H and O–H groups in total. The van der Waals surface area contributed by atoms with Crippen LogP contribution in [0.3, 0.4) is 0 Å². The number of hydrogen-bond acceptors (Lipinski definition) is 5. The Morgan fingerprint density at radius 2 is 1.96 bits per heavy atom. The van der Waals surface area contributed by atoms with Gasteiger partial charge in [-0.25, -0.2) is 13.1 Å². The monoisotopic (exact) mass is 341 g/mol. The number of pyridine rings is 1. The van der Waals surface area contributed by atoms with E-state index >= 15 is 0 Å². The van der Waals surface area contributed by atoms with Crippen molar-refractivity contribution in [1.29, 1.82) is 0 Å². The number of aromatic amines is 1. The Hall–Kier alpha value is -2.74. The van der Waals surface area contributed by atoms with Crippen LogP contribution in [-0.4, -0.2) is 39.6 Å². The fourth-order valence-corrected chi connectivity index (χ4v) is 3.61. The average molecular weight is 341 g/mol. The van der Waals surface area contributed by atoms with Crippen LogP contribution in [0.25, 0.3) is 33.2 Å². The highest BCUT2D eigenvalue weighted by atomic mass is 32.2. The molecule has 0 amide bonds. The van der Waals surface area contributed by atoms with E-state index in [1.807, 2.05) is 20.0 Å². The van der Waals surface area contributed by atoms with E-state index in [2.05, 4.69) is 20.3 Å². The maximum absolute atomic E-state index is 11.8. The number of benzene rings is 1.